The van der Waals surface area contributed by atoms with E-state index in [0.717, 1.165) is 0 Å². The first-order valence-corrected chi connectivity index (χ1v) is 6.95. The zero-order chi connectivity index (χ0) is 16.1. The fourth-order valence-corrected chi connectivity index (χ4v) is 1.85. The fourth-order valence-electron chi connectivity index (χ4n) is 1.85. The van der Waals surface area contributed by atoms with Crippen molar-refractivity contribution in [2.75, 3.05) is 33.3 Å². The molecule has 0 atom stereocenters. The maximum Gasteiger partial charge on any atom is 0.347 e. The number of rotatable bonds is 5. The summed E-state index contributed by atoms with van der Waals surface area (Å²) in [4.78, 5) is 41.5. The van der Waals surface area contributed by atoms with Gasteiger partial charge in [0, 0.05) is 26.7 Å². The van der Waals surface area contributed by atoms with Crippen molar-refractivity contribution in [3.8, 4) is 0 Å². The van der Waals surface area contributed by atoms with E-state index in [1.807, 2.05) is 0 Å². The highest BCUT2D eigenvalue weighted by molar-refractivity contribution is 6.00. The molecule has 0 spiro atoms. The minimum Gasteiger partial charge on any atom is -0.466 e. The highest BCUT2D eigenvalue weighted by atomic mass is 16.5. The number of esters is 1. The SMILES string of the molecule is CCOC(=O)CCNC(=O)C1=CN2CCN(C)C(=O)N=C2O1. The summed E-state index contributed by atoms with van der Waals surface area (Å²) in [6, 6.07) is -0.334. The first kappa shape index (κ1) is 15.8. The molecule has 1 N–H and O–H groups in total. The molecule has 9 nitrogen and oxygen atoms in total. The van der Waals surface area contributed by atoms with Gasteiger partial charge in [-0.15, -0.1) is 4.99 Å². The molecule has 9 heteroatoms. The van der Waals surface area contributed by atoms with Crippen LogP contribution in [0.5, 0.6) is 0 Å². The van der Waals surface area contributed by atoms with Gasteiger partial charge in [-0.05, 0) is 6.92 Å². The van der Waals surface area contributed by atoms with Crippen molar-refractivity contribution in [1.82, 2.24) is 15.1 Å². The maximum absolute atomic E-state index is 11.9. The third-order valence-electron chi connectivity index (χ3n) is 3.06. The Labute approximate surface area is 127 Å². The molecular formula is C13H18N4O5. The molecule has 2 rings (SSSR count). The number of nitrogens with zero attached hydrogens (tertiary/aromatic N) is 3. The first-order valence-electron chi connectivity index (χ1n) is 6.95. The topological polar surface area (TPSA) is 101 Å². The molecule has 0 saturated heterocycles. The molecule has 2 aliphatic heterocycles. The van der Waals surface area contributed by atoms with Gasteiger partial charge in [-0.2, -0.15) is 0 Å². The van der Waals surface area contributed by atoms with Gasteiger partial charge < -0.3 is 19.7 Å². The zero-order valence-electron chi connectivity index (χ0n) is 12.5. The van der Waals surface area contributed by atoms with Gasteiger partial charge in [0.25, 0.3) is 5.91 Å². The molecule has 3 amide bonds. The van der Waals surface area contributed by atoms with Crippen molar-refractivity contribution in [3.05, 3.63) is 12.0 Å². The van der Waals surface area contributed by atoms with E-state index in [9.17, 15) is 14.4 Å². The van der Waals surface area contributed by atoms with E-state index < -0.39 is 11.9 Å². The second-order valence-corrected chi connectivity index (χ2v) is 4.70. The quantitative estimate of drug-likeness (QED) is 0.697. The Balaban J connectivity index is 1.87. The van der Waals surface area contributed by atoms with Crippen LogP contribution in [0.1, 0.15) is 13.3 Å². The minimum atomic E-state index is -0.471. The molecule has 0 aliphatic carbocycles. The number of urea groups is 1. The van der Waals surface area contributed by atoms with Crippen molar-refractivity contribution in [2.45, 2.75) is 13.3 Å². The summed E-state index contributed by atoms with van der Waals surface area (Å²) in [7, 11) is 1.64. The zero-order valence-corrected chi connectivity index (χ0v) is 12.5. The molecule has 22 heavy (non-hydrogen) atoms. The number of carbonyl (C=O) groups is 3. The number of amides is 3. The summed E-state index contributed by atoms with van der Waals surface area (Å²) in [5, 5.41) is 2.55. The predicted molar refractivity (Wildman–Crippen MR) is 75.6 cm³/mol. The van der Waals surface area contributed by atoms with Gasteiger partial charge in [0.2, 0.25) is 5.76 Å². The summed E-state index contributed by atoms with van der Waals surface area (Å²) in [5.74, 6) is -0.808. The summed E-state index contributed by atoms with van der Waals surface area (Å²) in [6.45, 7) is 3.13. The van der Waals surface area contributed by atoms with Crippen LogP contribution in [0.3, 0.4) is 0 Å². The van der Waals surface area contributed by atoms with Gasteiger partial charge in [-0.3, -0.25) is 14.5 Å². The van der Waals surface area contributed by atoms with Gasteiger partial charge in [-0.25, -0.2) is 4.79 Å². The second-order valence-electron chi connectivity index (χ2n) is 4.70. The number of carbonyl (C=O) groups excluding carboxylic acids is 3. The van der Waals surface area contributed by atoms with Crippen molar-refractivity contribution >= 4 is 23.9 Å². The molecule has 0 unspecified atom stereocenters. The summed E-state index contributed by atoms with van der Waals surface area (Å²) >= 11 is 0. The van der Waals surface area contributed by atoms with Crippen LogP contribution in [0.25, 0.3) is 0 Å². The molecule has 0 aromatic rings. The Bertz CT molecular complexity index is 543. The van der Waals surface area contributed by atoms with Crippen molar-refractivity contribution in [1.29, 1.82) is 0 Å². The summed E-state index contributed by atoms with van der Waals surface area (Å²) < 4.78 is 10.0. The molecule has 0 saturated carbocycles. The highest BCUT2D eigenvalue weighted by Gasteiger charge is 2.30. The van der Waals surface area contributed by atoms with Crippen LogP contribution in [0.4, 0.5) is 4.79 Å². The monoisotopic (exact) mass is 310 g/mol. The average molecular weight is 310 g/mol. The number of fused-ring (bicyclic) bond motifs is 1. The number of aliphatic imine (C=N–C) groups is 1. The minimum absolute atomic E-state index is 0.0416. The Morgan fingerprint density at radius 3 is 2.95 bits per heavy atom. The van der Waals surface area contributed by atoms with E-state index in [1.165, 1.54) is 11.1 Å². The maximum atomic E-state index is 11.9. The lowest BCUT2D eigenvalue weighted by Gasteiger charge is -2.13. The number of likely N-dealkylation sites (N-methyl/N-ethyl adjacent to an activating group) is 1. The van der Waals surface area contributed by atoms with E-state index in [0.29, 0.717) is 19.7 Å². The lowest BCUT2D eigenvalue weighted by Crippen LogP contribution is -2.29. The molecule has 0 aromatic heterocycles. The van der Waals surface area contributed by atoms with Crippen molar-refractivity contribution in [2.24, 2.45) is 4.99 Å². The third-order valence-corrected chi connectivity index (χ3v) is 3.06. The van der Waals surface area contributed by atoms with Gasteiger partial charge in [0.15, 0.2) is 0 Å². The van der Waals surface area contributed by atoms with Crippen LogP contribution in [-0.4, -0.2) is 67.0 Å². The van der Waals surface area contributed by atoms with Crippen LogP contribution < -0.4 is 5.32 Å². The Morgan fingerprint density at radius 2 is 2.23 bits per heavy atom. The van der Waals surface area contributed by atoms with Crippen LogP contribution in [0.2, 0.25) is 0 Å². The molecule has 2 heterocycles. The number of nitrogens with one attached hydrogen (secondary N) is 1. The van der Waals surface area contributed by atoms with Crippen LogP contribution >= 0.6 is 0 Å². The molecular weight excluding hydrogens is 292 g/mol. The summed E-state index contributed by atoms with van der Waals surface area (Å²) in [6.07, 6.45) is 1.58. The molecule has 0 radical (unpaired) electrons. The Kier molecular flexibility index (Phi) is 4.97. The van der Waals surface area contributed by atoms with Gasteiger partial charge in [0.1, 0.15) is 0 Å². The van der Waals surface area contributed by atoms with Crippen LogP contribution in [0.15, 0.2) is 17.0 Å². The third kappa shape index (κ3) is 3.74. The van der Waals surface area contributed by atoms with E-state index in [4.69, 9.17) is 9.47 Å². The highest BCUT2D eigenvalue weighted by Crippen LogP contribution is 2.16. The predicted octanol–water partition coefficient (Wildman–Crippen LogP) is -0.349. The molecule has 0 bridgehead atoms. The largest absolute Gasteiger partial charge is 0.466 e. The standard InChI is InChI=1S/C13H18N4O5/c1-3-21-10(18)4-5-14-11(19)9-8-17-7-6-16(2)12(20)15-13(17)22-9/h8H,3-7H2,1-2H3,(H,14,19). The normalized spacial score (nSPS) is 17.1. The van der Waals surface area contributed by atoms with Gasteiger partial charge in [-0.1, -0.05) is 0 Å². The number of hydrogen-bond acceptors (Lipinski definition) is 6. The number of amidine groups is 1. The molecule has 120 valence electrons. The fraction of sp³-hybridized carbons (Fsp3) is 0.538. The van der Waals surface area contributed by atoms with Gasteiger partial charge in [0.05, 0.1) is 19.2 Å². The van der Waals surface area contributed by atoms with Crippen LogP contribution in [0, 0.1) is 0 Å². The first-order chi connectivity index (χ1) is 10.5. The van der Waals surface area contributed by atoms with E-state index in [2.05, 4.69) is 10.3 Å². The number of ether oxygens (including phenoxy) is 2. The summed E-state index contributed by atoms with van der Waals surface area (Å²) in [5.41, 5.74) is 0. The smallest absolute Gasteiger partial charge is 0.347 e. The van der Waals surface area contributed by atoms with Crippen LogP contribution in [-0.2, 0) is 19.1 Å². The average Bonchev–Trinajstić information content (AvgIpc) is 2.82. The Hall–Kier alpha value is -2.58. The Morgan fingerprint density at radius 1 is 1.45 bits per heavy atom. The molecule has 2 aliphatic rings. The molecule has 0 fully saturated rings. The van der Waals surface area contributed by atoms with E-state index >= 15 is 0 Å². The van der Waals surface area contributed by atoms with Crippen molar-refractivity contribution < 1.29 is 23.9 Å². The second kappa shape index (κ2) is 6.92. The van der Waals surface area contributed by atoms with E-state index in [-0.39, 0.29) is 30.7 Å². The van der Waals surface area contributed by atoms with Gasteiger partial charge >= 0.3 is 18.0 Å². The van der Waals surface area contributed by atoms with E-state index in [1.54, 1.807) is 18.9 Å². The molecule has 0 aromatic carbocycles. The van der Waals surface area contributed by atoms with Crippen molar-refractivity contribution in [3.63, 3.8) is 0 Å². The number of hydrogen-bond donors (Lipinski definition) is 1. The lowest BCUT2D eigenvalue weighted by molar-refractivity contribution is -0.143. The lowest BCUT2D eigenvalue weighted by atomic mass is 10.4.